The highest BCUT2D eigenvalue weighted by molar-refractivity contribution is 9.10. The van der Waals surface area contributed by atoms with Gasteiger partial charge in [-0.05, 0) is 51.5 Å². The third-order valence-corrected chi connectivity index (χ3v) is 4.34. The molecule has 1 unspecified atom stereocenters. The predicted molar refractivity (Wildman–Crippen MR) is 96.8 cm³/mol. The second kappa shape index (κ2) is 7.41. The molecular weight excluding hydrogens is 380 g/mol. The number of hydrogen-bond donors (Lipinski definition) is 0. The van der Waals surface area contributed by atoms with Crippen LogP contribution in [0, 0.1) is 0 Å². The molecule has 1 amide bonds. The summed E-state index contributed by atoms with van der Waals surface area (Å²) < 4.78 is 6.46. The Kier molecular flexibility index (Phi) is 5.98. The van der Waals surface area contributed by atoms with E-state index < -0.39 is 5.60 Å². The van der Waals surface area contributed by atoms with Crippen LogP contribution in [0.1, 0.15) is 33.3 Å². The van der Waals surface area contributed by atoms with Crippen LogP contribution in [0.3, 0.4) is 0 Å². The van der Waals surface area contributed by atoms with Crippen LogP contribution in [0.2, 0.25) is 5.02 Å². The van der Waals surface area contributed by atoms with Crippen LogP contribution >= 0.6 is 27.5 Å². The van der Waals surface area contributed by atoms with Crippen molar-refractivity contribution in [1.82, 2.24) is 9.80 Å². The molecule has 1 aliphatic heterocycles. The lowest BCUT2D eigenvalue weighted by atomic mass is 10.1. The van der Waals surface area contributed by atoms with Gasteiger partial charge in [-0.25, -0.2) is 4.79 Å². The zero-order valence-electron chi connectivity index (χ0n) is 14.1. The van der Waals surface area contributed by atoms with Crippen LogP contribution in [0.4, 0.5) is 4.79 Å². The Morgan fingerprint density at radius 3 is 2.61 bits per heavy atom. The van der Waals surface area contributed by atoms with Crippen LogP contribution in [-0.2, 0) is 11.3 Å². The van der Waals surface area contributed by atoms with E-state index in [-0.39, 0.29) is 12.1 Å². The van der Waals surface area contributed by atoms with Crippen molar-refractivity contribution in [2.24, 2.45) is 0 Å². The first-order valence-corrected chi connectivity index (χ1v) is 8.98. The second-order valence-electron chi connectivity index (χ2n) is 7.04. The smallest absolute Gasteiger partial charge is 0.410 e. The molecule has 0 saturated carbocycles. The average Bonchev–Trinajstić information content (AvgIpc) is 2.34. The second-order valence-corrected chi connectivity index (χ2v) is 8.39. The summed E-state index contributed by atoms with van der Waals surface area (Å²) in [6.45, 7) is 10.9. The lowest BCUT2D eigenvalue weighted by Gasteiger charge is -2.40. The molecule has 0 spiro atoms. The van der Waals surface area contributed by atoms with Crippen LogP contribution in [0.25, 0.3) is 0 Å². The molecule has 6 heteroatoms. The first kappa shape index (κ1) is 18.6. The summed E-state index contributed by atoms with van der Waals surface area (Å²) in [6.07, 6.45) is -0.227. The first-order chi connectivity index (χ1) is 10.6. The van der Waals surface area contributed by atoms with Gasteiger partial charge in [0.1, 0.15) is 5.60 Å². The Morgan fingerprint density at radius 1 is 1.35 bits per heavy atom. The van der Waals surface area contributed by atoms with E-state index in [0.717, 1.165) is 29.1 Å². The number of halogens is 2. The van der Waals surface area contributed by atoms with Crippen molar-refractivity contribution in [1.29, 1.82) is 0 Å². The third-order valence-electron chi connectivity index (χ3n) is 3.67. The van der Waals surface area contributed by atoms with Gasteiger partial charge in [-0.3, -0.25) is 4.90 Å². The van der Waals surface area contributed by atoms with E-state index in [1.807, 2.05) is 37.8 Å². The quantitative estimate of drug-likeness (QED) is 0.726. The van der Waals surface area contributed by atoms with Crippen molar-refractivity contribution in [3.63, 3.8) is 0 Å². The Bertz CT molecular complexity index is 554. The maximum Gasteiger partial charge on any atom is 0.410 e. The summed E-state index contributed by atoms with van der Waals surface area (Å²) in [4.78, 5) is 16.4. The number of hydrogen-bond acceptors (Lipinski definition) is 3. The van der Waals surface area contributed by atoms with E-state index >= 15 is 0 Å². The normalized spacial score (nSPS) is 19.7. The molecule has 1 aromatic carbocycles. The number of carbonyl (C=O) groups excluding carboxylic acids is 1. The molecule has 1 fully saturated rings. The zero-order valence-corrected chi connectivity index (χ0v) is 16.4. The summed E-state index contributed by atoms with van der Waals surface area (Å²) in [5.74, 6) is 0. The minimum Gasteiger partial charge on any atom is -0.444 e. The van der Waals surface area contributed by atoms with E-state index in [9.17, 15) is 4.79 Å². The summed E-state index contributed by atoms with van der Waals surface area (Å²) in [7, 11) is 0. The number of nitrogens with zero attached hydrogens (tertiary/aromatic N) is 2. The first-order valence-electron chi connectivity index (χ1n) is 7.81. The number of piperazine rings is 1. The molecule has 0 bridgehead atoms. The minimum atomic E-state index is -0.457. The van der Waals surface area contributed by atoms with E-state index in [2.05, 4.69) is 33.8 Å². The van der Waals surface area contributed by atoms with E-state index in [1.54, 1.807) is 0 Å². The molecule has 0 N–H and O–H groups in total. The lowest BCUT2D eigenvalue weighted by molar-refractivity contribution is 0.000563. The van der Waals surface area contributed by atoms with Gasteiger partial charge in [0.2, 0.25) is 0 Å². The van der Waals surface area contributed by atoms with E-state index in [1.165, 1.54) is 5.56 Å². The van der Waals surface area contributed by atoms with E-state index in [0.29, 0.717) is 6.54 Å². The van der Waals surface area contributed by atoms with Crippen molar-refractivity contribution in [3.8, 4) is 0 Å². The summed E-state index contributed by atoms with van der Waals surface area (Å²) in [6, 6.07) is 6.07. The van der Waals surface area contributed by atoms with Gasteiger partial charge in [-0.1, -0.05) is 27.5 Å². The maximum absolute atomic E-state index is 12.2. The highest BCUT2D eigenvalue weighted by Gasteiger charge is 2.30. The van der Waals surface area contributed by atoms with Gasteiger partial charge in [-0.2, -0.15) is 0 Å². The van der Waals surface area contributed by atoms with Gasteiger partial charge in [-0.15, -0.1) is 0 Å². The standard InChI is InChI=1S/C17H24BrClN2O2/c1-12-10-20(11-13-7-14(18)9-15(19)8-13)5-6-21(12)16(22)23-17(2,3)4/h7-9,12H,5-6,10-11H2,1-4H3. The zero-order chi connectivity index (χ0) is 17.2. The lowest BCUT2D eigenvalue weighted by Crippen LogP contribution is -2.54. The SMILES string of the molecule is CC1CN(Cc2cc(Cl)cc(Br)c2)CCN1C(=O)OC(C)(C)C. The van der Waals surface area contributed by atoms with Crippen molar-refractivity contribution in [3.05, 3.63) is 33.3 Å². The van der Waals surface area contributed by atoms with Gasteiger partial charge in [0.25, 0.3) is 0 Å². The molecule has 0 radical (unpaired) electrons. The van der Waals surface area contributed by atoms with Crippen LogP contribution < -0.4 is 0 Å². The molecule has 4 nitrogen and oxygen atoms in total. The fraction of sp³-hybridized carbons (Fsp3) is 0.588. The molecule has 2 rings (SSSR count). The summed E-state index contributed by atoms with van der Waals surface area (Å²) in [5.41, 5.74) is 0.711. The maximum atomic E-state index is 12.2. The molecule has 1 heterocycles. The number of amides is 1. The largest absolute Gasteiger partial charge is 0.444 e. The monoisotopic (exact) mass is 402 g/mol. The molecule has 23 heavy (non-hydrogen) atoms. The Balaban J connectivity index is 1.94. The number of rotatable bonds is 2. The number of ether oxygens (including phenoxy) is 1. The summed E-state index contributed by atoms with van der Waals surface area (Å²) in [5, 5.41) is 0.731. The average molecular weight is 404 g/mol. The van der Waals surface area contributed by atoms with Crippen molar-refractivity contribution >= 4 is 33.6 Å². The molecular formula is C17H24BrClN2O2. The summed E-state index contributed by atoms with van der Waals surface area (Å²) >= 11 is 9.58. The minimum absolute atomic E-state index is 0.126. The van der Waals surface area contributed by atoms with Gasteiger partial charge in [0.15, 0.2) is 0 Å². The molecule has 0 aliphatic carbocycles. The Morgan fingerprint density at radius 2 is 2.04 bits per heavy atom. The Hall–Kier alpha value is -0.780. The molecule has 128 valence electrons. The van der Waals surface area contributed by atoms with Gasteiger partial charge in [0, 0.05) is 41.7 Å². The molecule has 1 atom stereocenters. The third kappa shape index (κ3) is 5.66. The fourth-order valence-electron chi connectivity index (χ4n) is 2.73. The van der Waals surface area contributed by atoms with E-state index in [4.69, 9.17) is 16.3 Å². The predicted octanol–water partition coefficient (Wildman–Crippen LogP) is 4.54. The van der Waals surface area contributed by atoms with Gasteiger partial charge in [0.05, 0.1) is 0 Å². The number of carbonyl (C=O) groups is 1. The fourth-order valence-corrected chi connectivity index (χ4v) is 3.66. The highest BCUT2D eigenvalue weighted by Crippen LogP contribution is 2.22. The van der Waals surface area contributed by atoms with Crippen LogP contribution in [0.5, 0.6) is 0 Å². The number of benzene rings is 1. The van der Waals surface area contributed by atoms with Crippen LogP contribution in [-0.4, -0.2) is 47.2 Å². The molecule has 1 aromatic rings. The Labute approximate surface area is 151 Å². The van der Waals surface area contributed by atoms with Crippen molar-refractivity contribution in [2.45, 2.75) is 45.9 Å². The van der Waals surface area contributed by atoms with Crippen molar-refractivity contribution in [2.75, 3.05) is 19.6 Å². The van der Waals surface area contributed by atoms with Gasteiger partial charge >= 0.3 is 6.09 Å². The van der Waals surface area contributed by atoms with Crippen molar-refractivity contribution < 1.29 is 9.53 Å². The molecule has 1 aliphatic rings. The molecule has 1 saturated heterocycles. The topological polar surface area (TPSA) is 32.8 Å². The highest BCUT2D eigenvalue weighted by atomic mass is 79.9. The van der Waals surface area contributed by atoms with Crippen LogP contribution in [0.15, 0.2) is 22.7 Å². The van der Waals surface area contributed by atoms with Gasteiger partial charge < -0.3 is 9.64 Å². The molecule has 0 aromatic heterocycles.